The number of halogens is 1. The van der Waals surface area contributed by atoms with Crippen molar-refractivity contribution in [3.05, 3.63) is 76.9 Å². The molecular formula is C23H25FN6O2. The summed E-state index contributed by atoms with van der Waals surface area (Å²) < 4.78 is 14.6. The van der Waals surface area contributed by atoms with Crippen molar-refractivity contribution in [1.82, 2.24) is 30.0 Å². The molecule has 2 aromatic heterocycles. The fourth-order valence-electron chi connectivity index (χ4n) is 3.90. The average molecular weight is 436 g/mol. The van der Waals surface area contributed by atoms with E-state index >= 15 is 0 Å². The van der Waals surface area contributed by atoms with Crippen LogP contribution in [0.2, 0.25) is 0 Å². The Kier molecular flexibility index (Phi) is 6.25. The molecule has 32 heavy (non-hydrogen) atoms. The first-order valence-corrected chi connectivity index (χ1v) is 10.6. The van der Waals surface area contributed by atoms with Gasteiger partial charge in [0.1, 0.15) is 17.3 Å². The molecule has 1 atom stereocenters. The number of rotatable bonds is 5. The van der Waals surface area contributed by atoms with Crippen LogP contribution in [0, 0.1) is 12.7 Å². The summed E-state index contributed by atoms with van der Waals surface area (Å²) in [6.07, 6.45) is 4.89. The van der Waals surface area contributed by atoms with Crippen molar-refractivity contribution in [2.45, 2.75) is 32.2 Å². The van der Waals surface area contributed by atoms with E-state index in [2.05, 4.69) is 20.4 Å². The summed E-state index contributed by atoms with van der Waals surface area (Å²) in [5, 5.41) is 6.89. The molecule has 0 bridgehead atoms. The zero-order chi connectivity index (χ0) is 22.7. The maximum absolute atomic E-state index is 13.0. The lowest BCUT2D eigenvalue weighted by atomic mass is 9.96. The number of hydrogen-bond acceptors (Lipinski definition) is 5. The second-order valence-electron chi connectivity index (χ2n) is 7.97. The lowest BCUT2D eigenvalue weighted by molar-refractivity contribution is 0.0693. The van der Waals surface area contributed by atoms with E-state index < -0.39 is 0 Å². The Morgan fingerprint density at radius 2 is 2.00 bits per heavy atom. The Hall–Kier alpha value is -3.62. The van der Waals surface area contributed by atoms with Crippen LogP contribution in [0.3, 0.4) is 0 Å². The van der Waals surface area contributed by atoms with Crippen LogP contribution >= 0.6 is 0 Å². The van der Waals surface area contributed by atoms with Crippen molar-refractivity contribution in [3.63, 3.8) is 0 Å². The number of aryl methyl sites for hydroxylation is 2. The van der Waals surface area contributed by atoms with E-state index in [4.69, 9.17) is 0 Å². The second kappa shape index (κ2) is 9.25. The molecule has 4 rings (SSSR count). The van der Waals surface area contributed by atoms with Crippen LogP contribution in [0.25, 0.3) is 0 Å². The zero-order valence-electron chi connectivity index (χ0n) is 18.1. The number of likely N-dealkylation sites (tertiary alicyclic amines) is 1. The van der Waals surface area contributed by atoms with Gasteiger partial charge in [-0.1, -0.05) is 12.1 Å². The van der Waals surface area contributed by atoms with Gasteiger partial charge in [-0.3, -0.25) is 14.3 Å². The third-order valence-corrected chi connectivity index (χ3v) is 5.72. The Morgan fingerprint density at radius 3 is 2.69 bits per heavy atom. The number of nitrogens with zero attached hydrogens (tertiary/aromatic N) is 5. The molecule has 0 saturated carbocycles. The maximum Gasteiger partial charge on any atom is 0.272 e. The van der Waals surface area contributed by atoms with Gasteiger partial charge in [0.15, 0.2) is 0 Å². The fourth-order valence-corrected chi connectivity index (χ4v) is 3.90. The van der Waals surface area contributed by atoms with E-state index in [-0.39, 0.29) is 30.1 Å². The Balaban J connectivity index is 1.42. The quantitative estimate of drug-likeness (QED) is 0.664. The van der Waals surface area contributed by atoms with Crippen molar-refractivity contribution in [1.29, 1.82) is 0 Å². The van der Waals surface area contributed by atoms with Gasteiger partial charge in [-0.2, -0.15) is 5.10 Å². The molecule has 2 amide bonds. The monoisotopic (exact) mass is 436 g/mol. The number of benzene rings is 1. The third kappa shape index (κ3) is 4.66. The molecular weight excluding hydrogens is 411 g/mol. The SMILES string of the molecule is Cc1nc([C@@H]2CCCN(C(=O)c3ccnn3C)C2)ncc1C(=O)NCc1ccc(F)cc1. The maximum atomic E-state index is 13.0. The lowest BCUT2D eigenvalue weighted by Gasteiger charge is -2.32. The van der Waals surface area contributed by atoms with Crippen LogP contribution in [-0.4, -0.2) is 49.6 Å². The normalized spacial score (nSPS) is 16.1. The summed E-state index contributed by atoms with van der Waals surface area (Å²) in [6, 6.07) is 7.69. The van der Waals surface area contributed by atoms with Crippen molar-refractivity contribution in [2.75, 3.05) is 13.1 Å². The first kappa shape index (κ1) is 21.6. The summed E-state index contributed by atoms with van der Waals surface area (Å²) in [5.41, 5.74) is 2.34. The van der Waals surface area contributed by atoms with Crippen LogP contribution in [0.5, 0.6) is 0 Å². The van der Waals surface area contributed by atoms with Crippen molar-refractivity contribution in [2.24, 2.45) is 7.05 Å². The van der Waals surface area contributed by atoms with E-state index in [1.807, 2.05) is 4.90 Å². The number of carbonyl (C=O) groups is 2. The van der Waals surface area contributed by atoms with Gasteiger partial charge in [-0.15, -0.1) is 0 Å². The number of piperidine rings is 1. The van der Waals surface area contributed by atoms with Crippen molar-refractivity contribution < 1.29 is 14.0 Å². The summed E-state index contributed by atoms with van der Waals surface area (Å²) in [7, 11) is 1.75. The van der Waals surface area contributed by atoms with Crippen LogP contribution in [0.1, 0.15) is 56.7 Å². The van der Waals surface area contributed by atoms with Crippen LogP contribution in [0.4, 0.5) is 4.39 Å². The first-order chi connectivity index (χ1) is 15.4. The van der Waals surface area contributed by atoms with E-state index in [9.17, 15) is 14.0 Å². The van der Waals surface area contributed by atoms with Crippen LogP contribution < -0.4 is 5.32 Å². The topological polar surface area (TPSA) is 93.0 Å². The van der Waals surface area contributed by atoms with Gasteiger partial charge >= 0.3 is 0 Å². The predicted molar refractivity (Wildman–Crippen MR) is 115 cm³/mol. The summed E-state index contributed by atoms with van der Waals surface area (Å²) in [5.74, 6) is -0.00232. The molecule has 1 aliphatic heterocycles. The van der Waals surface area contributed by atoms with Gasteiger partial charge in [-0.05, 0) is 43.5 Å². The van der Waals surface area contributed by atoms with Gasteiger partial charge in [0, 0.05) is 45.0 Å². The van der Waals surface area contributed by atoms with Crippen LogP contribution in [0.15, 0.2) is 42.7 Å². The number of hydrogen-bond donors (Lipinski definition) is 1. The molecule has 0 aliphatic carbocycles. The smallest absolute Gasteiger partial charge is 0.272 e. The minimum absolute atomic E-state index is 0.0101. The molecule has 8 nitrogen and oxygen atoms in total. The molecule has 0 unspecified atom stereocenters. The number of carbonyl (C=O) groups excluding carboxylic acids is 2. The molecule has 1 N–H and O–H groups in total. The summed E-state index contributed by atoms with van der Waals surface area (Å²) in [4.78, 5) is 36.2. The number of nitrogens with one attached hydrogen (secondary N) is 1. The van der Waals surface area contributed by atoms with Crippen molar-refractivity contribution >= 4 is 11.8 Å². The molecule has 3 heterocycles. The van der Waals surface area contributed by atoms with Gasteiger partial charge in [0.2, 0.25) is 0 Å². The molecule has 3 aromatic rings. The molecule has 1 aromatic carbocycles. The Morgan fingerprint density at radius 1 is 1.22 bits per heavy atom. The zero-order valence-corrected chi connectivity index (χ0v) is 18.1. The summed E-state index contributed by atoms with van der Waals surface area (Å²) >= 11 is 0. The average Bonchev–Trinajstić information content (AvgIpc) is 3.23. The minimum atomic E-state index is -0.316. The van der Waals surface area contributed by atoms with Gasteiger partial charge in [0.05, 0.1) is 11.3 Å². The fraction of sp³-hybridized carbons (Fsp3) is 0.348. The number of aromatic nitrogens is 4. The molecule has 1 fully saturated rings. The third-order valence-electron chi connectivity index (χ3n) is 5.72. The highest BCUT2D eigenvalue weighted by Gasteiger charge is 2.28. The molecule has 166 valence electrons. The summed E-state index contributed by atoms with van der Waals surface area (Å²) in [6.45, 7) is 3.27. The Bertz CT molecular complexity index is 1130. The molecule has 0 spiro atoms. The largest absolute Gasteiger partial charge is 0.348 e. The van der Waals surface area contributed by atoms with E-state index in [0.717, 1.165) is 18.4 Å². The van der Waals surface area contributed by atoms with E-state index in [1.54, 1.807) is 49.2 Å². The minimum Gasteiger partial charge on any atom is -0.348 e. The standard InChI is InChI=1S/C23H25FN6O2/c1-15-19(22(31)26-12-16-5-7-18(24)8-6-16)13-25-21(28-15)17-4-3-11-30(14-17)23(32)20-9-10-27-29(20)2/h5-10,13,17H,3-4,11-12,14H2,1-2H3,(H,26,31)/t17-/m1/s1. The predicted octanol–water partition coefficient (Wildman–Crippen LogP) is 2.61. The highest BCUT2D eigenvalue weighted by molar-refractivity contribution is 5.95. The second-order valence-corrected chi connectivity index (χ2v) is 7.97. The Labute approximate surface area is 185 Å². The van der Waals surface area contributed by atoms with Gasteiger partial charge in [-0.25, -0.2) is 14.4 Å². The van der Waals surface area contributed by atoms with E-state index in [0.29, 0.717) is 35.9 Å². The molecule has 1 saturated heterocycles. The first-order valence-electron chi connectivity index (χ1n) is 10.6. The highest BCUT2D eigenvalue weighted by atomic mass is 19.1. The van der Waals surface area contributed by atoms with Gasteiger partial charge in [0.25, 0.3) is 11.8 Å². The lowest BCUT2D eigenvalue weighted by Crippen LogP contribution is -2.40. The molecule has 1 aliphatic rings. The van der Waals surface area contributed by atoms with Crippen LogP contribution in [-0.2, 0) is 13.6 Å². The number of amides is 2. The highest BCUT2D eigenvalue weighted by Crippen LogP contribution is 2.26. The molecule has 0 radical (unpaired) electrons. The molecule has 9 heteroatoms. The van der Waals surface area contributed by atoms with E-state index in [1.165, 1.54) is 12.1 Å². The van der Waals surface area contributed by atoms with Crippen molar-refractivity contribution in [3.8, 4) is 0 Å². The van der Waals surface area contributed by atoms with Gasteiger partial charge < -0.3 is 10.2 Å².